The van der Waals surface area contributed by atoms with E-state index < -0.39 is 17.8 Å². The van der Waals surface area contributed by atoms with Gasteiger partial charge in [-0.15, -0.1) is 0 Å². The van der Waals surface area contributed by atoms with E-state index in [4.69, 9.17) is 0 Å². The molecule has 5 heteroatoms. The van der Waals surface area contributed by atoms with E-state index in [2.05, 4.69) is 0 Å². The lowest BCUT2D eigenvalue weighted by atomic mass is 10.1. The fourth-order valence-electron chi connectivity index (χ4n) is 1.88. The third-order valence-electron chi connectivity index (χ3n) is 3.16. The minimum Gasteiger partial charge on any atom is -0.507 e. The molecule has 1 saturated carbocycles. The predicted molar refractivity (Wildman–Crippen MR) is 63.8 cm³/mol. The molecule has 1 aliphatic rings. The predicted octanol–water partition coefficient (Wildman–Crippen LogP) is 1.37. The molecule has 98 valence electrons. The highest BCUT2D eigenvalue weighted by Crippen LogP contribution is 2.33. The number of rotatable bonds is 4. The van der Waals surface area contributed by atoms with E-state index in [-0.39, 0.29) is 23.8 Å². The van der Waals surface area contributed by atoms with Crippen LogP contribution < -0.4 is 0 Å². The van der Waals surface area contributed by atoms with E-state index in [1.165, 1.54) is 11.9 Å². The number of carbonyl (C=O) groups is 1. The van der Waals surface area contributed by atoms with Crippen molar-refractivity contribution in [2.24, 2.45) is 5.92 Å². The lowest BCUT2D eigenvalue weighted by Crippen LogP contribution is -2.35. The standard InChI is InChI=1S/C13H16FNO3/c1-15(7-12(17)8-2-3-8)13(18)10-6-9(14)4-5-11(10)16/h4-6,8,12,16-17H,2-3,7H2,1H3. The van der Waals surface area contributed by atoms with Gasteiger partial charge in [0.25, 0.3) is 5.91 Å². The zero-order valence-electron chi connectivity index (χ0n) is 10.1. The average Bonchev–Trinajstić information content (AvgIpc) is 3.15. The minimum absolute atomic E-state index is 0.0829. The van der Waals surface area contributed by atoms with Gasteiger partial charge < -0.3 is 15.1 Å². The molecular weight excluding hydrogens is 237 g/mol. The molecule has 1 amide bonds. The normalized spacial score (nSPS) is 16.4. The monoisotopic (exact) mass is 253 g/mol. The van der Waals surface area contributed by atoms with Crippen LogP contribution in [-0.4, -0.2) is 40.7 Å². The van der Waals surface area contributed by atoms with Crippen molar-refractivity contribution in [2.45, 2.75) is 18.9 Å². The van der Waals surface area contributed by atoms with Gasteiger partial charge in [-0.25, -0.2) is 4.39 Å². The molecule has 4 nitrogen and oxygen atoms in total. The minimum atomic E-state index is -0.577. The molecule has 0 aliphatic heterocycles. The first-order chi connectivity index (χ1) is 8.49. The Bertz CT molecular complexity index is 460. The number of aliphatic hydroxyl groups excluding tert-OH is 1. The number of carbonyl (C=O) groups excluding carboxylic acids is 1. The van der Waals surface area contributed by atoms with Crippen molar-refractivity contribution in [2.75, 3.05) is 13.6 Å². The van der Waals surface area contributed by atoms with Crippen LogP contribution in [0, 0.1) is 11.7 Å². The Kier molecular flexibility index (Phi) is 3.52. The number of aromatic hydroxyl groups is 1. The first kappa shape index (κ1) is 12.8. The number of amides is 1. The van der Waals surface area contributed by atoms with Gasteiger partial charge in [0.1, 0.15) is 11.6 Å². The summed E-state index contributed by atoms with van der Waals surface area (Å²) in [6, 6.07) is 3.23. The summed E-state index contributed by atoms with van der Waals surface area (Å²) >= 11 is 0. The molecule has 2 rings (SSSR count). The van der Waals surface area contributed by atoms with Crippen LogP contribution in [0.25, 0.3) is 0 Å². The lowest BCUT2D eigenvalue weighted by Gasteiger charge is -2.21. The van der Waals surface area contributed by atoms with E-state index in [9.17, 15) is 19.4 Å². The van der Waals surface area contributed by atoms with Gasteiger partial charge in [-0.2, -0.15) is 0 Å². The number of benzene rings is 1. The van der Waals surface area contributed by atoms with Gasteiger partial charge in [0.2, 0.25) is 0 Å². The second-order valence-corrected chi connectivity index (χ2v) is 4.75. The molecule has 1 unspecified atom stereocenters. The molecule has 0 bridgehead atoms. The fourth-order valence-corrected chi connectivity index (χ4v) is 1.88. The molecule has 0 heterocycles. The van der Waals surface area contributed by atoms with Gasteiger partial charge in [0.15, 0.2) is 0 Å². The maximum absolute atomic E-state index is 13.0. The van der Waals surface area contributed by atoms with Gasteiger partial charge in [0, 0.05) is 13.6 Å². The number of aliphatic hydroxyl groups is 1. The van der Waals surface area contributed by atoms with E-state index in [0.29, 0.717) is 0 Å². The van der Waals surface area contributed by atoms with E-state index >= 15 is 0 Å². The van der Waals surface area contributed by atoms with Crippen LogP contribution in [-0.2, 0) is 0 Å². The molecule has 1 atom stereocenters. The summed E-state index contributed by atoms with van der Waals surface area (Å²) in [5.74, 6) is -1.06. The molecule has 0 spiro atoms. The molecule has 1 aromatic rings. The number of hydrogen-bond donors (Lipinski definition) is 2. The van der Waals surface area contributed by atoms with Crippen molar-refractivity contribution in [3.05, 3.63) is 29.6 Å². The summed E-state index contributed by atoms with van der Waals surface area (Å²) in [4.78, 5) is 13.3. The number of likely N-dealkylation sites (N-methyl/N-ethyl adjacent to an activating group) is 1. The number of nitrogens with zero attached hydrogens (tertiary/aromatic N) is 1. The van der Waals surface area contributed by atoms with Crippen LogP contribution in [0.3, 0.4) is 0 Å². The Morgan fingerprint density at radius 2 is 2.22 bits per heavy atom. The fraction of sp³-hybridized carbons (Fsp3) is 0.462. The van der Waals surface area contributed by atoms with Gasteiger partial charge in [-0.1, -0.05) is 0 Å². The number of halogens is 1. The summed E-state index contributed by atoms with van der Waals surface area (Å²) in [6.07, 6.45) is 1.41. The Labute approximate surface area is 105 Å². The topological polar surface area (TPSA) is 60.8 Å². The van der Waals surface area contributed by atoms with Gasteiger partial charge in [-0.3, -0.25) is 4.79 Å². The number of phenols is 1. The van der Waals surface area contributed by atoms with Gasteiger partial charge in [0.05, 0.1) is 11.7 Å². The molecule has 1 aliphatic carbocycles. The average molecular weight is 253 g/mol. The highest BCUT2D eigenvalue weighted by atomic mass is 19.1. The molecule has 2 N–H and O–H groups in total. The summed E-state index contributed by atoms with van der Waals surface area (Å²) in [7, 11) is 1.53. The Hall–Kier alpha value is -1.62. The van der Waals surface area contributed by atoms with E-state index in [1.807, 2.05) is 0 Å². The Balaban J connectivity index is 2.07. The third-order valence-corrected chi connectivity index (χ3v) is 3.16. The Morgan fingerprint density at radius 3 is 2.83 bits per heavy atom. The number of hydrogen-bond acceptors (Lipinski definition) is 3. The summed E-state index contributed by atoms with van der Waals surface area (Å²) in [5, 5.41) is 19.3. The van der Waals surface area contributed by atoms with Crippen LogP contribution in [0.4, 0.5) is 4.39 Å². The first-order valence-corrected chi connectivity index (χ1v) is 5.91. The largest absolute Gasteiger partial charge is 0.507 e. The third kappa shape index (κ3) is 2.79. The number of phenolic OH excluding ortho intramolecular Hbond substituents is 1. The van der Waals surface area contributed by atoms with Gasteiger partial charge in [-0.05, 0) is 37.0 Å². The molecule has 1 fully saturated rings. The summed E-state index contributed by atoms with van der Waals surface area (Å²) in [5.41, 5.74) is -0.0829. The quantitative estimate of drug-likeness (QED) is 0.852. The maximum atomic E-state index is 13.0. The van der Waals surface area contributed by atoms with Crippen LogP contribution >= 0.6 is 0 Å². The lowest BCUT2D eigenvalue weighted by molar-refractivity contribution is 0.0642. The maximum Gasteiger partial charge on any atom is 0.257 e. The second kappa shape index (κ2) is 4.94. The molecule has 0 saturated heterocycles. The van der Waals surface area contributed by atoms with Crippen LogP contribution in [0.5, 0.6) is 5.75 Å². The summed E-state index contributed by atoms with van der Waals surface area (Å²) in [6.45, 7) is 0.194. The van der Waals surface area contributed by atoms with E-state index in [0.717, 1.165) is 31.0 Å². The van der Waals surface area contributed by atoms with Crippen LogP contribution in [0.2, 0.25) is 0 Å². The highest BCUT2D eigenvalue weighted by molar-refractivity contribution is 5.96. The van der Waals surface area contributed by atoms with Crippen molar-refractivity contribution < 1.29 is 19.4 Å². The second-order valence-electron chi connectivity index (χ2n) is 4.75. The SMILES string of the molecule is CN(CC(O)C1CC1)C(=O)c1cc(F)ccc1O. The molecule has 18 heavy (non-hydrogen) atoms. The summed E-state index contributed by atoms with van der Waals surface area (Å²) < 4.78 is 13.0. The van der Waals surface area contributed by atoms with Crippen molar-refractivity contribution in [3.8, 4) is 5.75 Å². The Morgan fingerprint density at radius 1 is 1.56 bits per heavy atom. The zero-order chi connectivity index (χ0) is 13.3. The highest BCUT2D eigenvalue weighted by Gasteiger charge is 2.31. The van der Waals surface area contributed by atoms with Crippen molar-refractivity contribution in [1.82, 2.24) is 4.90 Å². The van der Waals surface area contributed by atoms with Crippen LogP contribution in [0.15, 0.2) is 18.2 Å². The zero-order valence-corrected chi connectivity index (χ0v) is 10.1. The van der Waals surface area contributed by atoms with Crippen molar-refractivity contribution in [1.29, 1.82) is 0 Å². The van der Waals surface area contributed by atoms with Crippen molar-refractivity contribution in [3.63, 3.8) is 0 Å². The van der Waals surface area contributed by atoms with E-state index in [1.54, 1.807) is 0 Å². The molecule has 0 aromatic heterocycles. The van der Waals surface area contributed by atoms with Crippen LogP contribution in [0.1, 0.15) is 23.2 Å². The smallest absolute Gasteiger partial charge is 0.257 e. The van der Waals surface area contributed by atoms with Gasteiger partial charge >= 0.3 is 0 Å². The molecular formula is C13H16FNO3. The van der Waals surface area contributed by atoms with Crippen molar-refractivity contribution >= 4 is 5.91 Å². The molecule has 0 radical (unpaired) electrons. The first-order valence-electron chi connectivity index (χ1n) is 5.91. The molecule has 1 aromatic carbocycles.